The molecule has 1 N–H and O–H groups in total. The zero-order chi connectivity index (χ0) is 25.0. The lowest BCUT2D eigenvalue weighted by Crippen LogP contribution is -2.52. The molecule has 1 aliphatic heterocycles. The number of nitrogens with zero attached hydrogens (tertiary/aromatic N) is 2. The summed E-state index contributed by atoms with van der Waals surface area (Å²) in [6.45, 7) is 3.26. The number of sulfonamides is 1. The second-order valence-electron chi connectivity index (χ2n) is 7.79. The van der Waals surface area contributed by atoms with Crippen LogP contribution in [0.1, 0.15) is 42.6 Å². The largest absolute Gasteiger partial charge is 0.354 e. The van der Waals surface area contributed by atoms with E-state index in [0.717, 1.165) is 0 Å². The van der Waals surface area contributed by atoms with E-state index < -0.39 is 34.4 Å². The summed E-state index contributed by atoms with van der Waals surface area (Å²) < 4.78 is 26.4. The number of hydrogen-bond acceptors (Lipinski definition) is 5. The predicted octanol–water partition coefficient (Wildman–Crippen LogP) is 3.47. The first kappa shape index (κ1) is 26.0. The van der Waals surface area contributed by atoms with Crippen LogP contribution in [0.5, 0.6) is 0 Å². The third kappa shape index (κ3) is 5.21. The van der Waals surface area contributed by atoms with Crippen molar-refractivity contribution in [3.63, 3.8) is 0 Å². The van der Waals surface area contributed by atoms with Crippen LogP contribution in [0.15, 0.2) is 47.4 Å². The number of rotatable bonds is 9. The number of carbonyl (C=O) groups is 3. The van der Waals surface area contributed by atoms with Gasteiger partial charge in [0.1, 0.15) is 17.5 Å². The van der Waals surface area contributed by atoms with E-state index in [2.05, 4.69) is 5.32 Å². The van der Waals surface area contributed by atoms with Crippen LogP contribution in [0, 0.1) is 0 Å². The van der Waals surface area contributed by atoms with Gasteiger partial charge in [-0.05, 0) is 42.7 Å². The third-order valence-corrected chi connectivity index (χ3v) is 7.86. The molecule has 0 unspecified atom stereocenters. The number of halogens is 2. The van der Waals surface area contributed by atoms with E-state index in [0.29, 0.717) is 32.9 Å². The molecule has 1 heterocycles. The van der Waals surface area contributed by atoms with Crippen molar-refractivity contribution in [1.82, 2.24) is 14.5 Å². The van der Waals surface area contributed by atoms with Crippen LogP contribution in [0.2, 0.25) is 10.0 Å². The van der Waals surface area contributed by atoms with Gasteiger partial charge in [-0.3, -0.25) is 14.4 Å². The van der Waals surface area contributed by atoms with Crippen LogP contribution < -0.4 is 5.32 Å². The summed E-state index contributed by atoms with van der Waals surface area (Å²) in [6, 6.07) is 9.65. The summed E-state index contributed by atoms with van der Waals surface area (Å²) in [7, 11) is -4.19. The van der Waals surface area contributed by atoms with E-state index in [-0.39, 0.29) is 29.3 Å². The van der Waals surface area contributed by atoms with Crippen LogP contribution in [0.4, 0.5) is 0 Å². The molecule has 3 amide bonds. The number of hydrogen-bond donors (Lipinski definition) is 1. The molecule has 0 radical (unpaired) electrons. The van der Waals surface area contributed by atoms with Gasteiger partial charge in [0.05, 0.1) is 5.56 Å². The number of benzene rings is 2. The summed E-state index contributed by atoms with van der Waals surface area (Å²) in [5.74, 6) is -1.85. The van der Waals surface area contributed by atoms with Gasteiger partial charge in [-0.25, -0.2) is 12.7 Å². The normalized spacial score (nSPS) is 15.1. The third-order valence-electron chi connectivity index (χ3n) is 5.48. The Kier molecular flexibility index (Phi) is 8.22. The second-order valence-corrected chi connectivity index (χ2v) is 10.5. The molecule has 2 aromatic rings. The number of nitrogens with one attached hydrogen (secondary N) is 1. The summed E-state index contributed by atoms with van der Waals surface area (Å²) >= 11 is 12.3. The number of carbonyl (C=O) groups excluding carboxylic acids is 3. The molecule has 0 bridgehead atoms. The summed E-state index contributed by atoms with van der Waals surface area (Å²) in [5, 5.41) is 3.48. The van der Waals surface area contributed by atoms with Crippen LogP contribution in [-0.4, -0.2) is 54.5 Å². The van der Waals surface area contributed by atoms with E-state index in [4.69, 9.17) is 23.2 Å². The van der Waals surface area contributed by atoms with Crippen LogP contribution in [0.25, 0.3) is 0 Å². The van der Waals surface area contributed by atoms with E-state index in [1.807, 2.05) is 6.92 Å². The monoisotopic (exact) mass is 525 g/mol. The lowest BCUT2D eigenvalue weighted by Gasteiger charge is -2.32. The molecule has 34 heavy (non-hydrogen) atoms. The molecular formula is C23H25Cl2N3O5S. The second kappa shape index (κ2) is 10.8. The SMILES string of the molecule is CCCNC(=O)[C@H](CC)N(Cc1ccc(Cl)cc1Cl)C(=O)CN1C(=O)c2ccccc2S1(=O)=O. The zero-order valence-corrected chi connectivity index (χ0v) is 21.1. The minimum absolute atomic E-state index is 0.00956. The van der Waals surface area contributed by atoms with Gasteiger partial charge in [0.25, 0.3) is 15.9 Å². The summed E-state index contributed by atoms with van der Waals surface area (Å²) in [5.41, 5.74) is 0.537. The Hall–Kier alpha value is -2.62. The van der Waals surface area contributed by atoms with Crippen molar-refractivity contribution in [2.75, 3.05) is 13.1 Å². The van der Waals surface area contributed by atoms with Crippen LogP contribution in [0.3, 0.4) is 0 Å². The fourth-order valence-electron chi connectivity index (χ4n) is 3.72. The Morgan fingerprint density at radius 3 is 2.44 bits per heavy atom. The van der Waals surface area contributed by atoms with Crippen molar-refractivity contribution in [1.29, 1.82) is 0 Å². The maximum atomic E-state index is 13.5. The fraction of sp³-hybridized carbons (Fsp3) is 0.348. The molecule has 3 rings (SSSR count). The molecule has 8 nitrogen and oxygen atoms in total. The van der Waals surface area contributed by atoms with Gasteiger partial charge < -0.3 is 10.2 Å². The Balaban J connectivity index is 1.94. The maximum absolute atomic E-state index is 13.5. The Bertz CT molecular complexity index is 1220. The molecule has 0 aromatic heterocycles. The maximum Gasteiger partial charge on any atom is 0.269 e. The summed E-state index contributed by atoms with van der Waals surface area (Å²) in [6.07, 6.45) is 0.978. The molecule has 0 saturated carbocycles. The topological polar surface area (TPSA) is 104 Å². The summed E-state index contributed by atoms with van der Waals surface area (Å²) in [4.78, 5) is 40.2. The Morgan fingerprint density at radius 1 is 1.12 bits per heavy atom. The molecule has 11 heteroatoms. The first-order valence-electron chi connectivity index (χ1n) is 10.8. The molecule has 0 aliphatic carbocycles. The van der Waals surface area contributed by atoms with E-state index in [9.17, 15) is 22.8 Å². The van der Waals surface area contributed by atoms with Crippen LogP contribution in [-0.2, 0) is 26.2 Å². The Morgan fingerprint density at radius 2 is 1.82 bits per heavy atom. The molecule has 1 atom stereocenters. The lowest BCUT2D eigenvalue weighted by molar-refractivity contribution is -0.141. The van der Waals surface area contributed by atoms with Crippen molar-refractivity contribution in [2.45, 2.75) is 44.2 Å². The predicted molar refractivity (Wildman–Crippen MR) is 129 cm³/mol. The molecule has 182 valence electrons. The quantitative estimate of drug-likeness (QED) is 0.539. The highest BCUT2D eigenvalue weighted by Gasteiger charge is 2.43. The smallest absolute Gasteiger partial charge is 0.269 e. The molecule has 0 saturated heterocycles. The van der Waals surface area contributed by atoms with Gasteiger partial charge in [-0.15, -0.1) is 0 Å². The van der Waals surface area contributed by atoms with Crippen molar-refractivity contribution in [2.24, 2.45) is 0 Å². The minimum atomic E-state index is -4.19. The van der Waals surface area contributed by atoms with Crippen molar-refractivity contribution >= 4 is 50.9 Å². The highest BCUT2D eigenvalue weighted by Crippen LogP contribution is 2.30. The lowest BCUT2D eigenvalue weighted by atomic mass is 10.1. The van der Waals surface area contributed by atoms with Gasteiger partial charge in [-0.1, -0.05) is 55.2 Å². The van der Waals surface area contributed by atoms with Gasteiger partial charge in [0.15, 0.2) is 0 Å². The standard InChI is InChI=1S/C23H25Cl2N3O5S/c1-3-11-26-22(30)19(4-2)27(13-15-9-10-16(24)12-18(15)25)21(29)14-28-23(31)17-7-5-6-8-20(17)34(28,32)33/h5-10,12,19H,3-4,11,13-14H2,1-2H3,(H,26,30)/t19-/m0/s1. The number of fused-ring (bicyclic) bond motifs is 1. The first-order valence-corrected chi connectivity index (χ1v) is 13.0. The van der Waals surface area contributed by atoms with E-state index >= 15 is 0 Å². The van der Waals surface area contributed by atoms with Gasteiger partial charge in [-0.2, -0.15) is 0 Å². The molecular weight excluding hydrogens is 501 g/mol. The fourth-order valence-corrected chi connectivity index (χ4v) is 5.71. The zero-order valence-electron chi connectivity index (χ0n) is 18.8. The highest BCUT2D eigenvalue weighted by atomic mass is 35.5. The van der Waals surface area contributed by atoms with Gasteiger partial charge >= 0.3 is 0 Å². The molecule has 0 spiro atoms. The first-order chi connectivity index (χ1) is 16.1. The average molecular weight is 526 g/mol. The van der Waals surface area contributed by atoms with Crippen LogP contribution >= 0.6 is 23.2 Å². The number of amides is 3. The van der Waals surface area contributed by atoms with Gasteiger partial charge in [0, 0.05) is 23.1 Å². The van der Waals surface area contributed by atoms with E-state index in [1.165, 1.54) is 29.2 Å². The Labute approximate surface area is 208 Å². The van der Waals surface area contributed by atoms with Gasteiger partial charge in [0.2, 0.25) is 11.8 Å². The average Bonchev–Trinajstić information content (AvgIpc) is 2.99. The minimum Gasteiger partial charge on any atom is -0.354 e. The van der Waals surface area contributed by atoms with Crippen molar-refractivity contribution in [3.8, 4) is 0 Å². The van der Waals surface area contributed by atoms with E-state index in [1.54, 1.807) is 25.1 Å². The molecule has 1 aliphatic rings. The molecule has 2 aromatic carbocycles. The van der Waals surface area contributed by atoms with Crippen molar-refractivity contribution in [3.05, 3.63) is 63.6 Å². The van der Waals surface area contributed by atoms with Crippen molar-refractivity contribution < 1.29 is 22.8 Å². The molecule has 0 fully saturated rings. The highest BCUT2D eigenvalue weighted by molar-refractivity contribution is 7.90.